The zero-order valence-electron chi connectivity index (χ0n) is 11.0. The maximum Gasteiger partial charge on any atom is 0.238 e. The van der Waals surface area contributed by atoms with Gasteiger partial charge in [-0.05, 0) is 24.7 Å². The molecule has 1 heterocycles. The van der Waals surface area contributed by atoms with Gasteiger partial charge in [0.05, 0.1) is 0 Å². The monoisotopic (exact) mass is 239 g/mol. The molecule has 1 aliphatic heterocycles. The van der Waals surface area contributed by atoms with E-state index < -0.39 is 0 Å². The summed E-state index contributed by atoms with van der Waals surface area (Å²) in [5.74, 6) is 0.876. The normalized spacial score (nSPS) is 40.1. The number of amides is 1. The SMILES string of the molecule is CC1CCC(C)C(C(N)=O)(N2CCNCC2)C1. The Morgan fingerprint density at radius 3 is 2.53 bits per heavy atom. The average Bonchev–Trinajstić information content (AvgIpc) is 2.33. The van der Waals surface area contributed by atoms with Gasteiger partial charge in [-0.2, -0.15) is 0 Å². The van der Waals surface area contributed by atoms with Crippen LogP contribution in [0.4, 0.5) is 0 Å². The summed E-state index contributed by atoms with van der Waals surface area (Å²) < 4.78 is 0. The van der Waals surface area contributed by atoms with Crippen molar-refractivity contribution in [3.8, 4) is 0 Å². The summed E-state index contributed by atoms with van der Waals surface area (Å²) in [5, 5.41) is 3.34. The van der Waals surface area contributed by atoms with E-state index in [-0.39, 0.29) is 11.4 Å². The van der Waals surface area contributed by atoms with Crippen molar-refractivity contribution in [3.63, 3.8) is 0 Å². The molecule has 0 bridgehead atoms. The topological polar surface area (TPSA) is 58.4 Å². The number of nitrogens with two attached hydrogens (primary N) is 1. The molecular formula is C13H25N3O. The Bertz CT molecular complexity index is 288. The lowest BCUT2D eigenvalue weighted by molar-refractivity contribution is -0.139. The van der Waals surface area contributed by atoms with Gasteiger partial charge in [-0.1, -0.05) is 20.3 Å². The first-order valence-electron chi connectivity index (χ1n) is 6.83. The number of rotatable bonds is 2. The van der Waals surface area contributed by atoms with Crippen molar-refractivity contribution in [1.82, 2.24) is 10.2 Å². The molecule has 4 heteroatoms. The zero-order valence-corrected chi connectivity index (χ0v) is 11.0. The van der Waals surface area contributed by atoms with E-state index >= 15 is 0 Å². The molecule has 17 heavy (non-hydrogen) atoms. The molecule has 1 saturated heterocycles. The Hall–Kier alpha value is -0.610. The highest BCUT2D eigenvalue weighted by atomic mass is 16.1. The molecule has 1 amide bonds. The molecule has 0 aromatic rings. The minimum Gasteiger partial charge on any atom is -0.368 e. The van der Waals surface area contributed by atoms with Crippen molar-refractivity contribution in [2.75, 3.05) is 26.2 Å². The van der Waals surface area contributed by atoms with Crippen LogP contribution < -0.4 is 11.1 Å². The predicted octanol–water partition coefficient (Wildman–Crippen LogP) is 0.572. The molecular weight excluding hydrogens is 214 g/mol. The molecule has 2 rings (SSSR count). The Morgan fingerprint density at radius 1 is 1.29 bits per heavy atom. The third-order valence-corrected chi connectivity index (χ3v) is 4.68. The quantitative estimate of drug-likeness (QED) is 0.741. The van der Waals surface area contributed by atoms with E-state index in [2.05, 4.69) is 24.1 Å². The van der Waals surface area contributed by atoms with E-state index in [0.717, 1.165) is 39.0 Å². The van der Waals surface area contributed by atoms with Crippen LogP contribution in [0.2, 0.25) is 0 Å². The summed E-state index contributed by atoms with van der Waals surface area (Å²) >= 11 is 0. The van der Waals surface area contributed by atoms with Gasteiger partial charge in [0.15, 0.2) is 0 Å². The summed E-state index contributed by atoms with van der Waals surface area (Å²) in [5.41, 5.74) is 5.40. The lowest BCUT2D eigenvalue weighted by Gasteiger charge is -2.51. The first kappa shape index (κ1) is 12.8. The van der Waals surface area contributed by atoms with Gasteiger partial charge in [-0.15, -0.1) is 0 Å². The Morgan fingerprint density at radius 2 is 1.94 bits per heavy atom. The molecule has 98 valence electrons. The van der Waals surface area contributed by atoms with Crippen LogP contribution in [0.25, 0.3) is 0 Å². The van der Waals surface area contributed by atoms with E-state index in [0.29, 0.717) is 11.8 Å². The van der Waals surface area contributed by atoms with Crippen LogP contribution in [-0.4, -0.2) is 42.5 Å². The van der Waals surface area contributed by atoms with Crippen LogP contribution in [-0.2, 0) is 4.79 Å². The largest absolute Gasteiger partial charge is 0.368 e. The van der Waals surface area contributed by atoms with Crippen molar-refractivity contribution in [2.45, 2.75) is 38.6 Å². The molecule has 2 aliphatic rings. The zero-order chi connectivity index (χ0) is 12.5. The van der Waals surface area contributed by atoms with Gasteiger partial charge in [-0.3, -0.25) is 9.69 Å². The maximum absolute atomic E-state index is 12.1. The van der Waals surface area contributed by atoms with Crippen LogP contribution in [0.3, 0.4) is 0 Å². The van der Waals surface area contributed by atoms with Gasteiger partial charge in [0.1, 0.15) is 5.54 Å². The second-order valence-electron chi connectivity index (χ2n) is 5.81. The fraction of sp³-hybridized carbons (Fsp3) is 0.923. The van der Waals surface area contributed by atoms with Gasteiger partial charge in [-0.25, -0.2) is 0 Å². The molecule has 1 saturated carbocycles. The lowest BCUT2D eigenvalue weighted by atomic mass is 9.68. The Labute approximate surface area is 104 Å². The van der Waals surface area contributed by atoms with E-state index in [1.54, 1.807) is 0 Å². The Balaban J connectivity index is 2.25. The van der Waals surface area contributed by atoms with Gasteiger partial charge in [0.2, 0.25) is 5.91 Å². The number of nitrogens with one attached hydrogen (secondary N) is 1. The molecule has 3 unspecified atom stereocenters. The molecule has 0 radical (unpaired) electrons. The van der Waals surface area contributed by atoms with Gasteiger partial charge < -0.3 is 11.1 Å². The average molecular weight is 239 g/mol. The predicted molar refractivity (Wildman–Crippen MR) is 68.5 cm³/mol. The van der Waals surface area contributed by atoms with Crippen molar-refractivity contribution < 1.29 is 4.79 Å². The summed E-state index contributed by atoms with van der Waals surface area (Å²) in [6.45, 7) is 8.26. The molecule has 0 aromatic heterocycles. The summed E-state index contributed by atoms with van der Waals surface area (Å²) in [4.78, 5) is 14.4. The summed E-state index contributed by atoms with van der Waals surface area (Å²) in [7, 11) is 0. The molecule has 2 fully saturated rings. The third-order valence-electron chi connectivity index (χ3n) is 4.68. The van der Waals surface area contributed by atoms with E-state index in [1.165, 1.54) is 6.42 Å². The van der Waals surface area contributed by atoms with Gasteiger partial charge in [0.25, 0.3) is 0 Å². The van der Waals surface area contributed by atoms with E-state index in [4.69, 9.17) is 5.73 Å². The molecule has 1 aliphatic carbocycles. The Kier molecular flexibility index (Phi) is 3.73. The third kappa shape index (κ3) is 2.20. The molecule has 3 N–H and O–H groups in total. The first-order chi connectivity index (χ1) is 8.07. The lowest BCUT2D eigenvalue weighted by Crippen LogP contribution is -2.66. The fourth-order valence-corrected chi connectivity index (χ4v) is 3.61. The number of nitrogens with zero attached hydrogens (tertiary/aromatic N) is 1. The minimum atomic E-state index is -0.389. The number of carbonyl (C=O) groups is 1. The van der Waals surface area contributed by atoms with Gasteiger partial charge >= 0.3 is 0 Å². The molecule has 4 nitrogen and oxygen atoms in total. The maximum atomic E-state index is 12.1. The molecule has 3 atom stereocenters. The highest BCUT2D eigenvalue weighted by Gasteiger charge is 2.49. The van der Waals surface area contributed by atoms with E-state index in [1.807, 2.05) is 0 Å². The van der Waals surface area contributed by atoms with Crippen molar-refractivity contribution in [2.24, 2.45) is 17.6 Å². The van der Waals surface area contributed by atoms with Gasteiger partial charge in [0, 0.05) is 26.2 Å². The van der Waals surface area contributed by atoms with Crippen LogP contribution in [0.1, 0.15) is 33.1 Å². The highest BCUT2D eigenvalue weighted by molar-refractivity contribution is 5.85. The summed E-state index contributed by atoms with van der Waals surface area (Å²) in [6.07, 6.45) is 3.28. The number of carbonyl (C=O) groups excluding carboxylic acids is 1. The second-order valence-corrected chi connectivity index (χ2v) is 5.81. The number of piperazine rings is 1. The second kappa shape index (κ2) is 4.94. The standard InChI is InChI=1S/C13H25N3O/c1-10-3-4-11(2)13(9-10,12(14)17)16-7-5-15-6-8-16/h10-11,15H,3-9H2,1-2H3,(H2,14,17). The van der Waals surface area contributed by atoms with E-state index in [9.17, 15) is 4.79 Å². The first-order valence-corrected chi connectivity index (χ1v) is 6.83. The van der Waals surface area contributed by atoms with Crippen molar-refractivity contribution in [3.05, 3.63) is 0 Å². The molecule has 0 spiro atoms. The van der Waals surface area contributed by atoms with Crippen molar-refractivity contribution >= 4 is 5.91 Å². The number of primary amides is 1. The smallest absolute Gasteiger partial charge is 0.238 e. The number of hydrogen-bond acceptors (Lipinski definition) is 3. The van der Waals surface area contributed by atoms with Crippen LogP contribution >= 0.6 is 0 Å². The minimum absolute atomic E-state index is 0.113. The van der Waals surface area contributed by atoms with Crippen LogP contribution in [0.5, 0.6) is 0 Å². The number of hydrogen-bond donors (Lipinski definition) is 2. The van der Waals surface area contributed by atoms with Crippen LogP contribution in [0.15, 0.2) is 0 Å². The summed E-state index contributed by atoms with van der Waals surface area (Å²) in [6, 6.07) is 0. The highest BCUT2D eigenvalue weighted by Crippen LogP contribution is 2.41. The van der Waals surface area contributed by atoms with Crippen molar-refractivity contribution in [1.29, 1.82) is 0 Å². The molecule has 0 aromatic carbocycles. The fourth-order valence-electron chi connectivity index (χ4n) is 3.61. The van der Waals surface area contributed by atoms with Crippen LogP contribution in [0, 0.1) is 11.8 Å².